The van der Waals surface area contributed by atoms with Gasteiger partial charge in [0, 0.05) is 26.3 Å². The molecular weight excluding hydrogens is 312 g/mol. The molecule has 25 heavy (non-hydrogen) atoms. The minimum Gasteiger partial charge on any atom is -0.385 e. The fourth-order valence-corrected chi connectivity index (χ4v) is 4.55. The third-order valence-corrected chi connectivity index (χ3v) is 6.25. The van der Waals surface area contributed by atoms with E-state index < -0.39 is 0 Å². The maximum Gasteiger partial charge on any atom is 0.226 e. The standard InChI is InChI=1S/C21H32N2O2/c1-23-14-6-10-18(19(23)17-8-4-3-5-9-17)16-22-20(24)21(11-7-12-21)13-15-25-2/h3-5,8-9,18-19H,6-7,10-16H2,1-2H3,(H,22,24)/t18-,19+/m1/s1. The van der Waals surface area contributed by atoms with E-state index >= 15 is 0 Å². The summed E-state index contributed by atoms with van der Waals surface area (Å²) in [5.74, 6) is 0.723. The predicted molar refractivity (Wildman–Crippen MR) is 100 cm³/mol. The molecule has 2 aliphatic rings. The van der Waals surface area contributed by atoms with Crippen molar-refractivity contribution in [2.24, 2.45) is 11.3 Å². The average Bonchev–Trinajstić information content (AvgIpc) is 2.60. The normalized spacial score (nSPS) is 26.0. The number of carbonyl (C=O) groups is 1. The van der Waals surface area contributed by atoms with Gasteiger partial charge in [0.15, 0.2) is 0 Å². The van der Waals surface area contributed by atoms with Gasteiger partial charge in [0.05, 0.1) is 5.41 Å². The zero-order chi connectivity index (χ0) is 17.7. The Morgan fingerprint density at radius 2 is 2.04 bits per heavy atom. The van der Waals surface area contributed by atoms with Gasteiger partial charge < -0.3 is 10.1 Å². The summed E-state index contributed by atoms with van der Waals surface area (Å²) in [5.41, 5.74) is 1.19. The fraction of sp³-hybridized carbons (Fsp3) is 0.667. The van der Waals surface area contributed by atoms with E-state index in [2.05, 4.69) is 47.6 Å². The van der Waals surface area contributed by atoms with E-state index in [4.69, 9.17) is 4.74 Å². The summed E-state index contributed by atoms with van der Waals surface area (Å²) < 4.78 is 5.22. The maximum absolute atomic E-state index is 12.8. The first-order valence-corrected chi connectivity index (χ1v) is 9.69. The SMILES string of the molecule is COCCC1(C(=O)NC[C@H]2CCCN(C)[C@H]2c2ccccc2)CCC1. The van der Waals surface area contributed by atoms with E-state index in [0.29, 0.717) is 18.6 Å². The highest BCUT2D eigenvalue weighted by atomic mass is 16.5. The van der Waals surface area contributed by atoms with Crippen molar-refractivity contribution in [2.45, 2.75) is 44.6 Å². The van der Waals surface area contributed by atoms with E-state index in [1.54, 1.807) is 7.11 Å². The first kappa shape index (κ1) is 18.4. The maximum atomic E-state index is 12.8. The lowest BCUT2D eigenvalue weighted by Crippen LogP contribution is -2.49. The molecule has 1 aromatic carbocycles. The molecule has 1 aromatic rings. The minimum atomic E-state index is -0.168. The minimum absolute atomic E-state index is 0.168. The summed E-state index contributed by atoms with van der Waals surface area (Å²) in [6, 6.07) is 11.1. The molecule has 4 nitrogen and oxygen atoms in total. The van der Waals surface area contributed by atoms with E-state index in [0.717, 1.165) is 38.8 Å². The summed E-state index contributed by atoms with van der Waals surface area (Å²) in [6.07, 6.45) is 6.41. The van der Waals surface area contributed by atoms with Crippen LogP contribution in [0.4, 0.5) is 0 Å². The van der Waals surface area contributed by atoms with Crippen molar-refractivity contribution >= 4 is 5.91 Å². The third kappa shape index (κ3) is 4.06. The molecule has 1 saturated carbocycles. The molecule has 0 bridgehead atoms. The van der Waals surface area contributed by atoms with E-state index in [-0.39, 0.29) is 11.3 Å². The van der Waals surface area contributed by atoms with Crippen molar-refractivity contribution < 1.29 is 9.53 Å². The number of piperidine rings is 1. The van der Waals surface area contributed by atoms with E-state index in [1.807, 2.05) is 0 Å². The number of rotatable bonds is 7. The Labute approximate surface area is 151 Å². The number of amides is 1. The van der Waals surface area contributed by atoms with Crippen LogP contribution >= 0.6 is 0 Å². The van der Waals surface area contributed by atoms with Crippen LogP contribution in [0.25, 0.3) is 0 Å². The number of benzene rings is 1. The molecule has 4 heteroatoms. The highest BCUT2D eigenvalue weighted by Gasteiger charge is 2.43. The monoisotopic (exact) mass is 344 g/mol. The van der Waals surface area contributed by atoms with Crippen LogP contribution in [0.1, 0.15) is 50.1 Å². The van der Waals surface area contributed by atoms with Crippen molar-refractivity contribution in [1.29, 1.82) is 0 Å². The molecule has 0 aromatic heterocycles. The lowest BCUT2D eigenvalue weighted by Gasteiger charge is -2.42. The van der Waals surface area contributed by atoms with Gasteiger partial charge in [-0.15, -0.1) is 0 Å². The van der Waals surface area contributed by atoms with Gasteiger partial charge in [-0.25, -0.2) is 0 Å². The quantitative estimate of drug-likeness (QED) is 0.824. The van der Waals surface area contributed by atoms with Crippen molar-refractivity contribution in [1.82, 2.24) is 10.2 Å². The van der Waals surface area contributed by atoms with Crippen LogP contribution in [0.2, 0.25) is 0 Å². The topological polar surface area (TPSA) is 41.6 Å². The molecule has 0 unspecified atom stereocenters. The van der Waals surface area contributed by atoms with Gasteiger partial charge in [-0.1, -0.05) is 36.8 Å². The number of likely N-dealkylation sites (tertiary alicyclic amines) is 1. The molecule has 1 amide bonds. The number of carbonyl (C=O) groups excluding carboxylic acids is 1. The second kappa shape index (κ2) is 8.33. The van der Waals surface area contributed by atoms with Gasteiger partial charge in [0.2, 0.25) is 5.91 Å². The Hall–Kier alpha value is -1.39. The van der Waals surface area contributed by atoms with Crippen LogP contribution in [-0.4, -0.2) is 44.7 Å². The van der Waals surface area contributed by atoms with Crippen molar-refractivity contribution in [3.05, 3.63) is 35.9 Å². The van der Waals surface area contributed by atoms with Crippen LogP contribution in [-0.2, 0) is 9.53 Å². The number of hydrogen-bond donors (Lipinski definition) is 1. The fourth-order valence-electron chi connectivity index (χ4n) is 4.55. The molecule has 1 heterocycles. The van der Waals surface area contributed by atoms with Crippen LogP contribution in [0, 0.1) is 11.3 Å². The molecule has 2 fully saturated rings. The summed E-state index contributed by atoms with van der Waals surface area (Å²) >= 11 is 0. The number of hydrogen-bond acceptors (Lipinski definition) is 3. The second-order valence-corrected chi connectivity index (χ2v) is 7.83. The van der Waals surface area contributed by atoms with Gasteiger partial charge >= 0.3 is 0 Å². The molecule has 0 spiro atoms. The first-order valence-electron chi connectivity index (χ1n) is 9.69. The smallest absolute Gasteiger partial charge is 0.226 e. The average molecular weight is 344 g/mol. The number of nitrogens with zero attached hydrogens (tertiary/aromatic N) is 1. The van der Waals surface area contributed by atoms with Gasteiger partial charge in [0.1, 0.15) is 0 Å². The van der Waals surface area contributed by atoms with Crippen LogP contribution in [0.5, 0.6) is 0 Å². The molecule has 2 atom stereocenters. The largest absolute Gasteiger partial charge is 0.385 e. The van der Waals surface area contributed by atoms with Gasteiger partial charge in [0.25, 0.3) is 0 Å². The first-order chi connectivity index (χ1) is 12.2. The Morgan fingerprint density at radius 1 is 1.28 bits per heavy atom. The van der Waals surface area contributed by atoms with Crippen LogP contribution < -0.4 is 5.32 Å². The Kier molecular flexibility index (Phi) is 6.13. The van der Waals surface area contributed by atoms with Crippen molar-refractivity contribution in [3.63, 3.8) is 0 Å². The van der Waals surface area contributed by atoms with Gasteiger partial charge in [-0.05, 0) is 57.2 Å². The highest BCUT2D eigenvalue weighted by molar-refractivity contribution is 5.83. The van der Waals surface area contributed by atoms with Crippen molar-refractivity contribution in [2.75, 3.05) is 33.9 Å². The zero-order valence-corrected chi connectivity index (χ0v) is 15.7. The lowest BCUT2D eigenvalue weighted by atomic mass is 9.66. The molecule has 1 saturated heterocycles. The molecule has 138 valence electrons. The Bertz CT molecular complexity index is 556. The Morgan fingerprint density at radius 3 is 2.68 bits per heavy atom. The second-order valence-electron chi connectivity index (χ2n) is 7.83. The van der Waals surface area contributed by atoms with Crippen LogP contribution in [0.15, 0.2) is 30.3 Å². The number of ether oxygens (including phenoxy) is 1. The van der Waals surface area contributed by atoms with Crippen molar-refractivity contribution in [3.8, 4) is 0 Å². The summed E-state index contributed by atoms with van der Waals surface area (Å²) in [4.78, 5) is 15.3. The lowest BCUT2D eigenvalue weighted by molar-refractivity contribution is -0.137. The van der Waals surface area contributed by atoms with Gasteiger partial charge in [-0.3, -0.25) is 9.69 Å². The molecule has 0 radical (unpaired) electrons. The number of nitrogens with one attached hydrogen (secondary N) is 1. The van der Waals surface area contributed by atoms with Crippen LogP contribution in [0.3, 0.4) is 0 Å². The highest BCUT2D eigenvalue weighted by Crippen LogP contribution is 2.44. The molecule has 3 rings (SSSR count). The molecule has 1 aliphatic carbocycles. The summed E-state index contributed by atoms with van der Waals surface area (Å²) in [7, 11) is 3.92. The Balaban J connectivity index is 1.63. The summed E-state index contributed by atoms with van der Waals surface area (Å²) in [5, 5.41) is 3.30. The zero-order valence-electron chi connectivity index (χ0n) is 15.7. The number of methoxy groups -OCH3 is 1. The predicted octanol–water partition coefficient (Wildman–Crippen LogP) is 3.39. The van der Waals surface area contributed by atoms with E-state index in [9.17, 15) is 4.79 Å². The molecule has 1 aliphatic heterocycles. The molecular formula is C21H32N2O2. The van der Waals surface area contributed by atoms with E-state index in [1.165, 1.54) is 18.4 Å². The molecule has 1 N–H and O–H groups in total. The van der Waals surface area contributed by atoms with Gasteiger partial charge in [-0.2, -0.15) is 0 Å². The summed E-state index contributed by atoms with van der Waals surface area (Å²) in [6.45, 7) is 2.57. The third-order valence-electron chi connectivity index (χ3n) is 6.25.